The van der Waals surface area contributed by atoms with Gasteiger partial charge in [0, 0.05) is 16.9 Å². The summed E-state index contributed by atoms with van der Waals surface area (Å²) in [6.45, 7) is 1.97. The van der Waals surface area contributed by atoms with Crippen LogP contribution in [-0.4, -0.2) is 21.1 Å². The molecular formula is C20H13BrN4O3S. The van der Waals surface area contributed by atoms with Crippen molar-refractivity contribution in [1.29, 1.82) is 0 Å². The Balaban J connectivity index is 1.81. The summed E-state index contributed by atoms with van der Waals surface area (Å²) in [7, 11) is 0. The van der Waals surface area contributed by atoms with Crippen LogP contribution < -0.4 is 10.3 Å². The monoisotopic (exact) mass is 468 g/mol. The van der Waals surface area contributed by atoms with E-state index < -0.39 is 11.9 Å². The lowest BCUT2D eigenvalue weighted by Gasteiger charge is -2.21. The number of amides is 1. The zero-order valence-electron chi connectivity index (χ0n) is 15.1. The van der Waals surface area contributed by atoms with Gasteiger partial charge in [-0.25, -0.2) is 0 Å². The van der Waals surface area contributed by atoms with Crippen LogP contribution in [0.4, 0.5) is 5.13 Å². The van der Waals surface area contributed by atoms with Gasteiger partial charge in [-0.05, 0) is 36.2 Å². The number of anilines is 1. The number of aryl methyl sites for hydroxylation is 1. The maximum atomic E-state index is 13.4. The van der Waals surface area contributed by atoms with E-state index in [1.807, 2.05) is 13.0 Å². The first-order valence-corrected chi connectivity index (χ1v) is 10.5. The van der Waals surface area contributed by atoms with Gasteiger partial charge in [0.25, 0.3) is 5.91 Å². The number of carbonyl (C=O) groups excluding carboxylic acids is 1. The van der Waals surface area contributed by atoms with Crippen LogP contribution in [0.5, 0.6) is 0 Å². The van der Waals surface area contributed by atoms with Gasteiger partial charge in [0.1, 0.15) is 10.6 Å². The molecule has 1 aliphatic rings. The molecule has 7 nitrogen and oxygen atoms in total. The molecule has 1 amide bonds. The number of halogens is 1. The Morgan fingerprint density at radius 3 is 2.83 bits per heavy atom. The van der Waals surface area contributed by atoms with Gasteiger partial charge in [-0.15, -0.1) is 10.2 Å². The molecule has 0 radical (unpaired) electrons. The topological polar surface area (TPSA) is 89.2 Å². The Bertz CT molecular complexity index is 1320. The first-order valence-electron chi connectivity index (χ1n) is 8.90. The molecule has 1 unspecified atom stereocenters. The highest BCUT2D eigenvalue weighted by Gasteiger charge is 2.45. The van der Waals surface area contributed by atoms with Crippen LogP contribution in [0.1, 0.15) is 39.7 Å². The highest BCUT2D eigenvalue weighted by atomic mass is 79.9. The molecule has 0 spiro atoms. The van der Waals surface area contributed by atoms with Crippen molar-refractivity contribution in [3.8, 4) is 0 Å². The summed E-state index contributed by atoms with van der Waals surface area (Å²) in [5, 5.41) is 9.98. The average molecular weight is 469 g/mol. The van der Waals surface area contributed by atoms with Gasteiger partial charge in [-0.3, -0.25) is 19.5 Å². The Morgan fingerprint density at radius 1 is 1.24 bits per heavy atom. The second-order valence-corrected chi connectivity index (χ2v) is 8.47. The van der Waals surface area contributed by atoms with Gasteiger partial charge in [0.15, 0.2) is 5.43 Å². The van der Waals surface area contributed by atoms with E-state index in [1.165, 1.54) is 16.2 Å². The number of hydrogen-bond donors (Lipinski definition) is 0. The molecule has 9 heteroatoms. The molecule has 1 atom stereocenters. The van der Waals surface area contributed by atoms with E-state index in [1.54, 1.807) is 36.7 Å². The van der Waals surface area contributed by atoms with Crippen molar-refractivity contribution >= 4 is 49.3 Å². The fourth-order valence-electron chi connectivity index (χ4n) is 3.48. The van der Waals surface area contributed by atoms with E-state index >= 15 is 0 Å². The summed E-state index contributed by atoms with van der Waals surface area (Å²) in [6.07, 6.45) is 4.00. The zero-order valence-corrected chi connectivity index (χ0v) is 17.5. The molecule has 0 aliphatic carbocycles. The SMILES string of the molecule is CCc1nnc(N2C(=O)c3oc4ccc(Br)cc4c(=O)c3C2c2cccnc2)s1. The molecular weight excluding hydrogens is 456 g/mol. The third kappa shape index (κ3) is 2.80. The summed E-state index contributed by atoms with van der Waals surface area (Å²) >= 11 is 4.72. The molecule has 144 valence electrons. The summed E-state index contributed by atoms with van der Waals surface area (Å²) in [5.41, 5.74) is 1.12. The largest absolute Gasteiger partial charge is 0.450 e. The third-order valence-electron chi connectivity index (χ3n) is 4.80. The Kier molecular flexibility index (Phi) is 4.29. The molecule has 0 saturated carbocycles. The molecule has 4 heterocycles. The standard InChI is InChI=1S/C20H13BrN4O3S/c1-2-14-23-24-20(29-14)25-16(10-4-3-7-22-9-10)15-17(26)12-8-11(21)5-6-13(12)28-18(15)19(25)27/h3-9,16H,2H2,1H3. The van der Waals surface area contributed by atoms with Gasteiger partial charge in [0.05, 0.1) is 17.0 Å². The number of rotatable bonds is 3. The summed E-state index contributed by atoms with van der Waals surface area (Å²) in [6, 6.07) is 8.08. The molecule has 0 saturated heterocycles. The lowest BCUT2D eigenvalue weighted by atomic mass is 10.0. The van der Waals surface area contributed by atoms with E-state index in [0.29, 0.717) is 33.6 Å². The minimum atomic E-state index is -0.677. The van der Waals surface area contributed by atoms with Crippen molar-refractivity contribution in [1.82, 2.24) is 15.2 Å². The summed E-state index contributed by atoms with van der Waals surface area (Å²) < 4.78 is 6.67. The van der Waals surface area contributed by atoms with E-state index in [-0.39, 0.29) is 11.2 Å². The Morgan fingerprint density at radius 2 is 2.10 bits per heavy atom. The van der Waals surface area contributed by atoms with Gasteiger partial charge < -0.3 is 4.42 Å². The maximum Gasteiger partial charge on any atom is 0.297 e. The Hall–Kier alpha value is -2.91. The number of pyridine rings is 1. The number of benzene rings is 1. The Labute approximate surface area is 177 Å². The molecule has 0 N–H and O–H groups in total. The highest BCUT2D eigenvalue weighted by molar-refractivity contribution is 9.10. The minimum absolute atomic E-state index is 0.0342. The number of hydrogen-bond acceptors (Lipinski definition) is 7. The number of carbonyl (C=O) groups is 1. The maximum absolute atomic E-state index is 13.4. The first kappa shape index (κ1) is 18.1. The van der Waals surface area contributed by atoms with E-state index in [9.17, 15) is 9.59 Å². The molecule has 5 rings (SSSR count). The molecule has 3 aromatic heterocycles. The second-order valence-electron chi connectivity index (χ2n) is 6.51. The summed E-state index contributed by atoms with van der Waals surface area (Å²) in [5.74, 6) is -0.374. The highest BCUT2D eigenvalue weighted by Crippen LogP contribution is 2.42. The van der Waals surface area contributed by atoms with Crippen molar-refractivity contribution in [2.75, 3.05) is 4.90 Å². The van der Waals surface area contributed by atoms with E-state index in [4.69, 9.17) is 4.42 Å². The van der Waals surface area contributed by atoms with Crippen LogP contribution in [-0.2, 0) is 6.42 Å². The molecule has 1 aromatic carbocycles. The van der Waals surface area contributed by atoms with Gasteiger partial charge in [0.2, 0.25) is 10.9 Å². The number of aromatic nitrogens is 3. The molecule has 0 bridgehead atoms. The van der Waals surface area contributed by atoms with Crippen molar-refractivity contribution < 1.29 is 9.21 Å². The molecule has 4 aromatic rings. The quantitative estimate of drug-likeness (QED) is 0.449. The molecule has 1 aliphatic heterocycles. The van der Waals surface area contributed by atoms with E-state index in [0.717, 1.165) is 9.48 Å². The molecule has 29 heavy (non-hydrogen) atoms. The van der Waals surface area contributed by atoms with Crippen molar-refractivity contribution in [3.05, 3.63) is 79.3 Å². The fraction of sp³-hybridized carbons (Fsp3) is 0.150. The van der Waals surface area contributed by atoms with Crippen molar-refractivity contribution in [2.24, 2.45) is 0 Å². The predicted octanol–water partition coefficient (Wildman–Crippen LogP) is 4.11. The zero-order chi connectivity index (χ0) is 20.1. The summed E-state index contributed by atoms with van der Waals surface area (Å²) in [4.78, 5) is 32.4. The van der Waals surface area contributed by atoms with Crippen LogP contribution >= 0.6 is 27.3 Å². The number of fused-ring (bicyclic) bond motifs is 2. The lowest BCUT2D eigenvalue weighted by molar-refractivity contribution is 0.0970. The van der Waals surface area contributed by atoms with Crippen LogP contribution in [0.2, 0.25) is 0 Å². The van der Waals surface area contributed by atoms with Crippen molar-refractivity contribution in [2.45, 2.75) is 19.4 Å². The number of nitrogens with zero attached hydrogens (tertiary/aromatic N) is 4. The minimum Gasteiger partial charge on any atom is -0.450 e. The normalized spacial score (nSPS) is 15.9. The third-order valence-corrected chi connectivity index (χ3v) is 6.36. The van der Waals surface area contributed by atoms with Crippen LogP contribution in [0, 0.1) is 0 Å². The molecule has 0 fully saturated rings. The smallest absolute Gasteiger partial charge is 0.297 e. The van der Waals surface area contributed by atoms with Crippen LogP contribution in [0.25, 0.3) is 11.0 Å². The van der Waals surface area contributed by atoms with Crippen LogP contribution in [0.15, 0.2) is 56.4 Å². The first-order chi connectivity index (χ1) is 14.1. The van der Waals surface area contributed by atoms with Gasteiger partial charge >= 0.3 is 0 Å². The average Bonchev–Trinajstić information content (AvgIpc) is 3.32. The van der Waals surface area contributed by atoms with Gasteiger partial charge in [-0.2, -0.15) is 0 Å². The van der Waals surface area contributed by atoms with E-state index in [2.05, 4.69) is 31.1 Å². The predicted molar refractivity (Wildman–Crippen MR) is 112 cm³/mol. The van der Waals surface area contributed by atoms with Gasteiger partial charge in [-0.1, -0.05) is 40.3 Å². The van der Waals surface area contributed by atoms with Crippen LogP contribution in [0.3, 0.4) is 0 Å². The second kappa shape index (κ2) is 6.85. The lowest BCUT2D eigenvalue weighted by Crippen LogP contribution is -2.29. The fourth-order valence-corrected chi connectivity index (χ4v) is 4.65. The van der Waals surface area contributed by atoms with Crippen molar-refractivity contribution in [3.63, 3.8) is 0 Å².